The molecule has 1 aromatic carbocycles. The van der Waals surface area contributed by atoms with Crippen LogP contribution in [0.25, 0.3) is 10.9 Å². The first kappa shape index (κ1) is 29.0. The molecule has 2 aromatic heterocycles. The fourth-order valence-electron chi connectivity index (χ4n) is 6.35. The molecule has 1 atom stereocenters. The number of aromatic nitrogens is 4. The second kappa shape index (κ2) is 11.6. The van der Waals surface area contributed by atoms with Crippen LogP contribution >= 0.6 is 0 Å². The van der Waals surface area contributed by atoms with E-state index in [2.05, 4.69) is 51.8 Å². The summed E-state index contributed by atoms with van der Waals surface area (Å²) in [6.45, 7) is 6.21. The Bertz CT molecular complexity index is 1590. The summed E-state index contributed by atoms with van der Waals surface area (Å²) in [6, 6.07) is 1.81. The number of aryl methyl sites for hydroxylation is 1. The molecule has 5 heterocycles. The number of likely N-dealkylation sites (N-methyl/N-ethyl adjacent to an activating group) is 1. The standard InChI is InChI=1S/C30H35F3N8O2/c1-19-13-24-23(15-34-37-24)27(20(19)2)41-8-6-22-25(16-41)35-29(43-17-21-14-30(32,33)18-38(21)3)36-28(22)40-11-9-39(10-12-40)26(42)5-4-7-31/h13,15,21H,6-12,14,16-18H2,1-3H3,(H,34,37)/t21-/m0/s1. The van der Waals surface area contributed by atoms with Crippen LogP contribution in [0.4, 0.5) is 24.7 Å². The molecule has 2 saturated heterocycles. The molecule has 3 aliphatic rings. The van der Waals surface area contributed by atoms with Gasteiger partial charge in [-0.1, -0.05) is 5.92 Å². The number of alkyl halides is 3. The molecule has 10 nitrogen and oxygen atoms in total. The quantitative estimate of drug-likeness (QED) is 0.450. The minimum absolute atomic E-state index is 0.0518. The number of ether oxygens (including phenoxy) is 1. The number of fused-ring (bicyclic) bond motifs is 2. The molecular formula is C30H35F3N8O2. The molecular weight excluding hydrogens is 561 g/mol. The van der Waals surface area contributed by atoms with Crippen molar-refractivity contribution in [2.24, 2.45) is 0 Å². The van der Waals surface area contributed by atoms with E-state index in [-0.39, 0.29) is 25.6 Å². The number of amides is 1. The van der Waals surface area contributed by atoms with Crippen LogP contribution in [0.3, 0.4) is 0 Å². The molecule has 0 unspecified atom stereocenters. The van der Waals surface area contributed by atoms with E-state index >= 15 is 0 Å². The van der Waals surface area contributed by atoms with E-state index in [1.54, 1.807) is 16.8 Å². The lowest BCUT2D eigenvalue weighted by Gasteiger charge is -2.38. The average Bonchev–Trinajstić information content (AvgIpc) is 3.56. The van der Waals surface area contributed by atoms with Gasteiger partial charge >= 0.3 is 6.01 Å². The molecule has 0 radical (unpaired) electrons. The molecule has 43 heavy (non-hydrogen) atoms. The normalized spacial score (nSPS) is 20.2. The van der Waals surface area contributed by atoms with Crippen LogP contribution in [0.1, 0.15) is 28.8 Å². The number of likely N-dealkylation sites (tertiary alicyclic amines) is 1. The number of carbonyl (C=O) groups excluding carboxylic acids is 1. The third kappa shape index (κ3) is 5.80. The Morgan fingerprint density at radius 1 is 1.16 bits per heavy atom. The summed E-state index contributed by atoms with van der Waals surface area (Å²) in [7, 11) is 1.67. The number of benzene rings is 1. The van der Waals surface area contributed by atoms with Gasteiger partial charge in [-0.2, -0.15) is 15.1 Å². The highest BCUT2D eigenvalue weighted by atomic mass is 19.3. The van der Waals surface area contributed by atoms with E-state index in [4.69, 9.17) is 14.7 Å². The predicted octanol–water partition coefficient (Wildman–Crippen LogP) is 2.87. The molecule has 13 heteroatoms. The first-order valence-electron chi connectivity index (χ1n) is 14.5. The van der Waals surface area contributed by atoms with Gasteiger partial charge in [0.05, 0.1) is 36.2 Å². The van der Waals surface area contributed by atoms with Gasteiger partial charge < -0.3 is 19.4 Å². The smallest absolute Gasteiger partial charge is 0.318 e. The van der Waals surface area contributed by atoms with Gasteiger partial charge in [-0.05, 0) is 50.4 Å². The van der Waals surface area contributed by atoms with Crippen molar-refractivity contribution < 1.29 is 22.7 Å². The van der Waals surface area contributed by atoms with E-state index < -0.39 is 24.5 Å². The Balaban J connectivity index is 1.29. The fraction of sp³-hybridized carbons (Fsp3) is 0.533. The monoisotopic (exact) mass is 596 g/mol. The number of carbonyl (C=O) groups is 1. The Labute approximate surface area is 248 Å². The summed E-state index contributed by atoms with van der Waals surface area (Å²) >= 11 is 0. The van der Waals surface area contributed by atoms with Gasteiger partial charge in [0.2, 0.25) is 0 Å². The number of hydrogen-bond acceptors (Lipinski definition) is 8. The summed E-state index contributed by atoms with van der Waals surface area (Å²) in [6.07, 6.45) is 2.26. The molecule has 3 aromatic rings. The van der Waals surface area contributed by atoms with Gasteiger partial charge in [0.25, 0.3) is 11.8 Å². The molecule has 1 amide bonds. The van der Waals surface area contributed by atoms with Gasteiger partial charge in [0.1, 0.15) is 12.4 Å². The van der Waals surface area contributed by atoms with E-state index in [0.29, 0.717) is 39.1 Å². The predicted molar refractivity (Wildman–Crippen MR) is 156 cm³/mol. The second-order valence-electron chi connectivity index (χ2n) is 11.6. The van der Waals surface area contributed by atoms with E-state index in [1.807, 2.05) is 6.20 Å². The first-order chi connectivity index (χ1) is 20.6. The van der Waals surface area contributed by atoms with Crippen LogP contribution in [0.15, 0.2) is 12.3 Å². The molecule has 6 rings (SSSR count). The number of anilines is 2. The van der Waals surface area contributed by atoms with Crippen molar-refractivity contribution in [3.8, 4) is 17.9 Å². The number of nitrogens with zero attached hydrogens (tertiary/aromatic N) is 7. The number of rotatable bonds is 5. The zero-order chi connectivity index (χ0) is 30.3. The minimum atomic E-state index is -2.75. The third-order valence-corrected chi connectivity index (χ3v) is 8.74. The zero-order valence-corrected chi connectivity index (χ0v) is 24.6. The molecule has 0 aliphatic carbocycles. The molecule has 3 aliphatic heterocycles. The highest BCUT2D eigenvalue weighted by molar-refractivity contribution is 5.95. The molecule has 0 spiro atoms. The number of aromatic amines is 1. The number of halogens is 3. The maximum atomic E-state index is 14.0. The lowest BCUT2D eigenvalue weighted by atomic mass is 9.99. The lowest BCUT2D eigenvalue weighted by molar-refractivity contribution is -0.125. The van der Waals surface area contributed by atoms with Gasteiger partial charge in [0.15, 0.2) is 6.67 Å². The van der Waals surface area contributed by atoms with E-state index in [0.717, 1.165) is 45.8 Å². The number of piperazine rings is 1. The maximum Gasteiger partial charge on any atom is 0.318 e. The van der Waals surface area contributed by atoms with Gasteiger partial charge in [-0.15, -0.1) is 0 Å². The molecule has 2 fully saturated rings. The number of hydrogen-bond donors (Lipinski definition) is 1. The molecule has 1 N–H and O–H groups in total. The average molecular weight is 597 g/mol. The van der Waals surface area contributed by atoms with Gasteiger partial charge in [-0.25, -0.2) is 13.2 Å². The third-order valence-electron chi connectivity index (χ3n) is 8.74. The van der Waals surface area contributed by atoms with Crippen molar-refractivity contribution in [1.29, 1.82) is 0 Å². The van der Waals surface area contributed by atoms with Crippen LogP contribution in [0, 0.1) is 25.7 Å². The minimum Gasteiger partial charge on any atom is -0.462 e. The topological polar surface area (TPSA) is 93.7 Å². The van der Waals surface area contributed by atoms with E-state index in [1.165, 1.54) is 5.56 Å². The van der Waals surface area contributed by atoms with Gasteiger partial charge in [0, 0.05) is 56.1 Å². The van der Waals surface area contributed by atoms with Crippen molar-refractivity contribution in [2.45, 2.75) is 45.2 Å². The summed E-state index contributed by atoms with van der Waals surface area (Å²) in [5.41, 5.74) is 6.24. The zero-order valence-electron chi connectivity index (χ0n) is 24.6. The molecule has 228 valence electrons. The van der Waals surface area contributed by atoms with Crippen LogP contribution in [0.5, 0.6) is 6.01 Å². The Hall–Kier alpha value is -4.05. The van der Waals surface area contributed by atoms with Crippen molar-refractivity contribution in [2.75, 3.05) is 69.4 Å². The summed E-state index contributed by atoms with van der Waals surface area (Å²) < 4.78 is 46.5. The highest BCUT2D eigenvalue weighted by Crippen LogP contribution is 2.37. The second-order valence-corrected chi connectivity index (χ2v) is 11.6. The van der Waals surface area contributed by atoms with Crippen molar-refractivity contribution in [3.63, 3.8) is 0 Å². The summed E-state index contributed by atoms with van der Waals surface area (Å²) in [4.78, 5) is 29.6. The van der Waals surface area contributed by atoms with Crippen LogP contribution in [-0.2, 0) is 17.8 Å². The van der Waals surface area contributed by atoms with E-state index in [9.17, 15) is 18.0 Å². The Morgan fingerprint density at radius 3 is 2.67 bits per heavy atom. The SMILES string of the molecule is Cc1cc2[nH]ncc2c(N2CCc3c(nc(OC[C@@H]4CC(F)(F)CN4C)nc3N3CCN(C(=O)C#CCF)CC3)C2)c1C. The Kier molecular flexibility index (Phi) is 7.81. The number of nitrogens with one attached hydrogen (secondary N) is 1. The fourth-order valence-corrected chi connectivity index (χ4v) is 6.35. The van der Waals surface area contributed by atoms with Gasteiger partial charge in [-0.3, -0.25) is 14.8 Å². The highest BCUT2D eigenvalue weighted by Gasteiger charge is 2.43. The maximum absolute atomic E-state index is 14.0. The van der Waals surface area contributed by atoms with Crippen molar-refractivity contribution >= 4 is 28.3 Å². The van der Waals surface area contributed by atoms with Crippen LogP contribution < -0.4 is 14.5 Å². The Morgan fingerprint density at radius 2 is 1.95 bits per heavy atom. The summed E-state index contributed by atoms with van der Waals surface area (Å²) in [5, 5.41) is 8.39. The number of H-pyrrole nitrogens is 1. The largest absolute Gasteiger partial charge is 0.462 e. The van der Waals surface area contributed by atoms with Crippen LogP contribution in [-0.4, -0.2) is 107 Å². The molecule has 0 bridgehead atoms. The first-order valence-corrected chi connectivity index (χ1v) is 14.5. The lowest BCUT2D eigenvalue weighted by Crippen LogP contribution is -2.49. The molecule has 0 saturated carbocycles. The van der Waals surface area contributed by atoms with Crippen LogP contribution in [0.2, 0.25) is 0 Å². The summed E-state index contributed by atoms with van der Waals surface area (Å²) in [5.74, 6) is 2.13. The van der Waals surface area contributed by atoms with Crippen molar-refractivity contribution in [3.05, 3.63) is 34.6 Å². The van der Waals surface area contributed by atoms with Crippen molar-refractivity contribution in [1.82, 2.24) is 30.0 Å².